The summed E-state index contributed by atoms with van der Waals surface area (Å²) in [4.78, 5) is 14.4. The van der Waals surface area contributed by atoms with E-state index in [0.717, 1.165) is 13.0 Å². The van der Waals surface area contributed by atoms with Crippen LogP contribution in [0.1, 0.15) is 30.6 Å². The highest BCUT2D eigenvalue weighted by Gasteiger charge is 2.15. The lowest BCUT2D eigenvalue weighted by atomic mass is 10.1. The Kier molecular flexibility index (Phi) is 6.78. The van der Waals surface area contributed by atoms with Crippen LogP contribution in [0, 0.1) is 0 Å². The van der Waals surface area contributed by atoms with Gasteiger partial charge in [0.1, 0.15) is 5.75 Å². The van der Waals surface area contributed by atoms with E-state index in [0.29, 0.717) is 34.6 Å². The number of carbonyl (C=O) groups excluding carboxylic acids is 1. The summed E-state index contributed by atoms with van der Waals surface area (Å²) in [7, 11) is 3.54. The van der Waals surface area contributed by atoms with E-state index in [1.54, 1.807) is 6.07 Å². The Bertz CT molecular complexity index is 494. The molecule has 118 valence electrons. The van der Waals surface area contributed by atoms with Crippen LogP contribution in [0.4, 0.5) is 5.69 Å². The van der Waals surface area contributed by atoms with Crippen LogP contribution >= 0.6 is 11.6 Å². The fraction of sp³-hybridized carbons (Fsp3) is 0.533. The minimum Gasteiger partial charge on any atom is -0.496 e. The van der Waals surface area contributed by atoms with E-state index in [2.05, 4.69) is 24.1 Å². The molecule has 1 aromatic rings. The van der Waals surface area contributed by atoms with Crippen molar-refractivity contribution in [2.75, 3.05) is 33.0 Å². The van der Waals surface area contributed by atoms with E-state index in [9.17, 15) is 4.79 Å². The Labute approximate surface area is 131 Å². The summed E-state index contributed by atoms with van der Waals surface area (Å²) in [5.74, 6) is 0.205. The van der Waals surface area contributed by atoms with Crippen LogP contribution in [0.2, 0.25) is 5.02 Å². The fourth-order valence-corrected chi connectivity index (χ4v) is 2.05. The molecule has 0 aliphatic heterocycles. The lowest BCUT2D eigenvalue weighted by molar-refractivity contribution is 0.0944. The first-order chi connectivity index (χ1) is 9.90. The first kappa shape index (κ1) is 17.6. The zero-order valence-electron chi connectivity index (χ0n) is 13.1. The number of nitrogens with one attached hydrogen (secondary N) is 1. The topological polar surface area (TPSA) is 67.6 Å². The van der Waals surface area contributed by atoms with E-state index < -0.39 is 0 Å². The number of methoxy groups -OCH3 is 1. The second-order valence-corrected chi connectivity index (χ2v) is 5.47. The molecule has 6 heteroatoms. The van der Waals surface area contributed by atoms with E-state index in [4.69, 9.17) is 22.1 Å². The maximum absolute atomic E-state index is 12.2. The predicted octanol–water partition coefficient (Wildman–Crippen LogP) is 2.39. The summed E-state index contributed by atoms with van der Waals surface area (Å²) < 4.78 is 5.18. The number of rotatable bonds is 7. The van der Waals surface area contributed by atoms with Crippen molar-refractivity contribution in [3.8, 4) is 5.75 Å². The van der Waals surface area contributed by atoms with Crippen molar-refractivity contribution in [1.29, 1.82) is 0 Å². The number of amides is 1. The van der Waals surface area contributed by atoms with Crippen LogP contribution in [0.3, 0.4) is 0 Å². The van der Waals surface area contributed by atoms with Gasteiger partial charge in [-0.2, -0.15) is 0 Å². The Morgan fingerprint density at radius 1 is 1.52 bits per heavy atom. The number of nitrogens with two attached hydrogens (primary N) is 1. The van der Waals surface area contributed by atoms with Gasteiger partial charge in [-0.25, -0.2) is 0 Å². The summed E-state index contributed by atoms with van der Waals surface area (Å²) in [5.41, 5.74) is 6.49. The van der Waals surface area contributed by atoms with Crippen LogP contribution in [-0.4, -0.2) is 44.1 Å². The first-order valence-electron chi connectivity index (χ1n) is 7.02. The van der Waals surface area contributed by atoms with Crippen molar-refractivity contribution in [3.05, 3.63) is 22.7 Å². The van der Waals surface area contributed by atoms with Crippen molar-refractivity contribution in [2.24, 2.45) is 0 Å². The Morgan fingerprint density at radius 2 is 2.19 bits per heavy atom. The number of benzene rings is 1. The molecule has 0 spiro atoms. The summed E-state index contributed by atoms with van der Waals surface area (Å²) in [6.07, 6.45) is 1.08. The maximum atomic E-state index is 12.2. The quantitative estimate of drug-likeness (QED) is 0.759. The highest BCUT2D eigenvalue weighted by atomic mass is 35.5. The minimum atomic E-state index is -0.216. The van der Waals surface area contributed by atoms with Gasteiger partial charge in [0.2, 0.25) is 0 Å². The van der Waals surface area contributed by atoms with Gasteiger partial charge < -0.3 is 20.7 Å². The molecule has 0 saturated heterocycles. The molecule has 1 atom stereocenters. The van der Waals surface area contributed by atoms with Gasteiger partial charge in [-0.1, -0.05) is 18.5 Å². The SMILES string of the molecule is CCC(C)N(C)CCNC(=O)c1cc(Cl)c(N)cc1OC. The summed E-state index contributed by atoms with van der Waals surface area (Å²) in [6, 6.07) is 3.58. The van der Waals surface area contributed by atoms with Crippen LogP contribution in [-0.2, 0) is 0 Å². The molecule has 21 heavy (non-hydrogen) atoms. The largest absolute Gasteiger partial charge is 0.496 e. The lowest BCUT2D eigenvalue weighted by Gasteiger charge is -2.23. The maximum Gasteiger partial charge on any atom is 0.255 e. The Balaban J connectivity index is 2.66. The van der Waals surface area contributed by atoms with Gasteiger partial charge in [-0.3, -0.25) is 4.79 Å². The first-order valence-corrected chi connectivity index (χ1v) is 7.39. The third kappa shape index (κ3) is 4.79. The molecular weight excluding hydrogens is 290 g/mol. The van der Waals surface area contributed by atoms with Crippen LogP contribution in [0.25, 0.3) is 0 Å². The second kappa shape index (κ2) is 8.10. The summed E-state index contributed by atoms with van der Waals surface area (Å²) in [5, 5.41) is 3.22. The number of nitrogen functional groups attached to an aromatic ring is 1. The number of anilines is 1. The lowest BCUT2D eigenvalue weighted by Crippen LogP contribution is -2.37. The second-order valence-electron chi connectivity index (χ2n) is 5.07. The number of nitrogens with zero attached hydrogens (tertiary/aromatic N) is 1. The van der Waals surface area contributed by atoms with E-state index in [1.165, 1.54) is 13.2 Å². The molecule has 1 aromatic carbocycles. The normalized spacial score (nSPS) is 12.3. The number of likely N-dealkylation sites (N-methyl/N-ethyl adjacent to an activating group) is 1. The van der Waals surface area contributed by atoms with Gasteiger partial charge in [0, 0.05) is 25.2 Å². The molecule has 0 fully saturated rings. The number of halogens is 1. The minimum absolute atomic E-state index is 0.216. The van der Waals surface area contributed by atoms with E-state index >= 15 is 0 Å². The monoisotopic (exact) mass is 313 g/mol. The molecule has 0 aliphatic rings. The third-order valence-corrected chi connectivity index (χ3v) is 3.98. The number of hydrogen-bond acceptors (Lipinski definition) is 4. The van der Waals surface area contributed by atoms with Gasteiger partial charge in [0.05, 0.1) is 23.4 Å². The summed E-state index contributed by atoms with van der Waals surface area (Å²) in [6.45, 7) is 5.64. The van der Waals surface area contributed by atoms with E-state index in [1.807, 2.05) is 7.05 Å². The Hall–Kier alpha value is -1.46. The average Bonchev–Trinajstić information content (AvgIpc) is 2.48. The standard InChI is InChI=1S/C15H24ClN3O2/c1-5-10(2)19(3)7-6-18-15(20)11-8-12(16)13(17)9-14(11)21-4/h8-10H,5-7,17H2,1-4H3,(H,18,20). The molecule has 0 saturated carbocycles. The van der Waals surface area contributed by atoms with Gasteiger partial charge in [-0.15, -0.1) is 0 Å². The number of ether oxygens (including phenoxy) is 1. The van der Waals surface area contributed by atoms with Gasteiger partial charge in [0.15, 0.2) is 0 Å². The van der Waals surface area contributed by atoms with Crippen LogP contribution < -0.4 is 15.8 Å². The van der Waals surface area contributed by atoms with Gasteiger partial charge in [0.25, 0.3) is 5.91 Å². The molecule has 1 amide bonds. The number of hydrogen-bond donors (Lipinski definition) is 2. The smallest absolute Gasteiger partial charge is 0.255 e. The molecule has 3 N–H and O–H groups in total. The van der Waals surface area contributed by atoms with Crippen molar-refractivity contribution < 1.29 is 9.53 Å². The van der Waals surface area contributed by atoms with E-state index in [-0.39, 0.29) is 5.91 Å². The van der Waals surface area contributed by atoms with Gasteiger partial charge >= 0.3 is 0 Å². The van der Waals surface area contributed by atoms with Gasteiger partial charge in [-0.05, 0) is 26.5 Å². The predicted molar refractivity (Wildman–Crippen MR) is 87.1 cm³/mol. The van der Waals surface area contributed by atoms with Crippen molar-refractivity contribution >= 4 is 23.2 Å². The third-order valence-electron chi connectivity index (χ3n) is 3.66. The fourth-order valence-electron chi connectivity index (χ4n) is 1.89. The molecule has 5 nitrogen and oxygen atoms in total. The van der Waals surface area contributed by atoms with Crippen molar-refractivity contribution in [1.82, 2.24) is 10.2 Å². The number of carbonyl (C=O) groups is 1. The average molecular weight is 314 g/mol. The highest BCUT2D eigenvalue weighted by molar-refractivity contribution is 6.33. The molecule has 1 rings (SSSR count). The Morgan fingerprint density at radius 3 is 2.76 bits per heavy atom. The summed E-state index contributed by atoms with van der Waals surface area (Å²) >= 11 is 5.96. The molecule has 0 bridgehead atoms. The molecular formula is C15H24ClN3O2. The molecule has 0 radical (unpaired) electrons. The zero-order valence-corrected chi connectivity index (χ0v) is 13.8. The van der Waals surface area contributed by atoms with Crippen molar-refractivity contribution in [3.63, 3.8) is 0 Å². The van der Waals surface area contributed by atoms with Crippen LogP contribution in [0.5, 0.6) is 5.75 Å². The zero-order chi connectivity index (χ0) is 16.0. The molecule has 0 aliphatic carbocycles. The van der Waals surface area contributed by atoms with Crippen molar-refractivity contribution in [2.45, 2.75) is 26.3 Å². The van der Waals surface area contributed by atoms with Crippen LogP contribution in [0.15, 0.2) is 12.1 Å². The molecule has 1 unspecified atom stereocenters. The molecule has 0 heterocycles. The highest BCUT2D eigenvalue weighted by Crippen LogP contribution is 2.28. The molecule has 0 aromatic heterocycles.